The molecule has 1 aromatic carbocycles. The van der Waals surface area contributed by atoms with Crippen molar-refractivity contribution >= 4 is 27.6 Å². The predicted octanol–water partition coefficient (Wildman–Crippen LogP) is 0.981. The molecule has 148 valence electrons. The SMILES string of the molecule is O=C(Cn1cc(S(=O)(=O)N2CCCC2)ccc1=O)NC(=O)Nc1ccccc1. The molecular weight excluding hydrogens is 384 g/mol. The third kappa shape index (κ3) is 4.65. The van der Waals surface area contributed by atoms with Crippen LogP contribution in [0.15, 0.2) is 58.4 Å². The normalized spacial score (nSPS) is 14.6. The lowest BCUT2D eigenvalue weighted by Crippen LogP contribution is -2.38. The topological polar surface area (TPSA) is 118 Å². The molecule has 2 aromatic rings. The van der Waals surface area contributed by atoms with Crippen LogP contribution in [0.1, 0.15) is 12.8 Å². The highest BCUT2D eigenvalue weighted by atomic mass is 32.2. The largest absolute Gasteiger partial charge is 0.325 e. The molecular formula is C18H20N4O5S. The molecule has 2 N–H and O–H groups in total. The molecule has 1 aromatic heterocycles. The number of nitrogens with zero attached hydrogens (tertiary/aromatic N) is 2. The minimum absolute atomic E-state index is 0.0597. The molecule has 0 radical (unpaired) electrons. The highest BCUT2D eigenvalue weighted by molar-refractivity contribution is 7.89. The van der Waals surface area contributed by atoms with Crippen molar-refractivity contribution in [1.29, 1.82) is 0 Å². The molecule has 0 spiro atoms. The summed E-state index contributed by atoms with van der Waals surface area (Å²) >= 11 is 0. The number of rotatable bonds is 5. The first-order chi connectivity index (χ1) is 13.4. The number of urea groups is 1. The summed E-state index contributed by atoms with van der Waals surface area (Å²) in [7, 11) is -3.71. The van der Waals surface area contributed by atoms with Gasteiger partial charge in [-0.2, -0.15) is 4.31 Å². The maximum absolute atomic E-state index is 12.6. The Bertz CT molecular complexity index is 1030. The van der Waals surface area contributed by atoms with Gasteiger partial charge in [-0.1, -0.05) is 18.2 Å². The Labute approximate surface area is 162 Å². The Morgan fingerprint density at radius 3 is 2.36 bits per heavy atom. The third-order valence-electron chi connectivity index (χ3n) is 4.26. The Morgan fingerprint density at radius 1 is 1.00 bits per heavy atom. The molecule has 9 nitrogen and oxygen atoms in total. The van der Waals surface area contributed by atoms with E-state index in [9.17, 15) is 22.8 Å². The Morgan fingerprint density at radius 2 is 1.68 bits per heavy atom. The molecule has 0 aliphatic carbocycles. The van der Waals surface area contributed by atoms with Gasteiger partial charge < -0.3 is 9.88 Å². The second kappa shape index (κ2) is 8.36. The lowest BCUT2D eigenvalue weighted by Gasteiger charge is -2.16. The Balaban J connectivity index is 1.69. The Hall–Kier alpha value is -2.98. The smallest absolute Gasteiger partial charge is 0.308 e. The maximum atomic E-state index is 12.6. The van der Waals surface area contributed by atoms with Crippen LogP contribution in [-0.2, 0) is 21.4 Å². The summed E-state index contributed by atoms with van der Waals surface area (Å²) in [5.41, 5.74) is -0.0392. The van der Waals surface area contributed by atoms with Crippen molar-refractivity contribution in [3.05, 3.63) is 59.0 Å². The highest BCUT2D eigenvalue weighted by Crippen LogP contribution is 2.19. The van der Waals surface area contributed by atoms with Gasteiger partial charge in [0.15, 0.2) is 0 Å². The summed E-state index contributed by atoms with van der Waals surface area (Å²) in [6.07, 6.45) is 2.71. The van der Waals surface area contributed by atoms with Gasteiger partial charge in [0, 0.05) is 31.0 Å². The van der Waals surface area contributed by atoms with Gasteiger partial charge in [0.1, 0.15) is 6.54 Å². The number of imide groups is 1. The Kier molecular flexibility index (Phi) is 5.90. The average Bonchev–Trinajstić information content (AvgIpc) is 3.19. The van der Waals surface area contributed by atoms with E-state index in [-0.39, 0.29) is 4.90 Å². The minimum atomic E-state index is -3.71. The van der Waals surface area contributed by atoms with E-state index in [2.05, 4.69) is 10.6 Å². The molecule has 1 saturated heterocycles. The zero-order valence-corrected chi connectivity index (χ0v) is 15.8. The van der Waals surface area contributed by atoms with E-state index in [0.717, 1.165) is 29.7 Å². The molecule has 0 atom stereocenters. The average molecular weight is 404 g/mol. The lowest BCUT2D eigenvalue weighted by atomic mass is 10.3. The third-order valence-corrected chi connectivity index (χ3v) is 6.14. The van der Waals surface area contributed by atoms with Crippen molar-refractivity contribution in [2.75, 3.05) is 18.4 Å². The van der Waals surface area contributed by atoms with Gasteiger partial charge in [0.25, 0.3) is 5.56 Å². The van der Waals surface area contributed by atoms with Gasteiger partial charge in [-0.15, -0.1) is 0 Å². The summed E-state index contributed by atoms with van der Waals surface area (Å²) in [5.74, 6) is -0.744. The quantitative estimate of drug-likeness (QED) is 0.770. The van der Waals surface area contributed by atoms with Crippen LogP contribution in [0.5, 0.6) is 0 Å². The second-order valence-electron chi connectivity index (χ2n) is 6.31. The fourth-order valence-corrected chi connectivity index (χ4v) is 4.41. The standard InChI is InChI=1S/C18H20N4O5S/c23-16(20-18(25)19-14-6-2-1-3-7-14)13-21-12-15(8-9-17(21)24)28(26,27)22-10-4-5-11-22/h1-3,6-9,12H,4-5,10-11,13H2,(H2,19,20,23,25). The van der Waals surface area contributed by atoms with Crippen molar-refractivity contribution in [1.82, 2.24) is 14.2 Å². The van der Waals surface area contributed by atoms with Gasteiger partial charge in [-0.25, -0.2) is 13.2 Å². The fraction of sp³-hybridized carbons (Fsp3) is 0.278. The number of carbonyl (C=O) groups is 2. The summed E-state index contributed by atoms with van der Waals surface area (Å²) in [6, 6.07) is 10.1. The zero-order chi connectivity index (χ0) is 20.1. The molecule has 0 unspecified atom stereocenters. The van der Waals surface area contributed by atoms with Crippen molar-refractivity contribution in [2.24, 2.45) is 0 Å². The van der Waals surface area contributed by atoms with Crippen LogP contribution in [0.2, 0.25) is 0 Å². The first kappa shape index (κ1) is 19.8. The number of hydrogen-bond donors (Lipinski definition) is 2. The monoisotopic (exact) mass is 404 g/mol. The van der Waals surface area contributed by atoms with Gasteiger partial charge in [0.2, 0.25) is 15.9 Å². The fourth-order valence-electron chi connectivity index (χ4n) is 2.87. The van der Waals surface area contributed by atoms with Gasteiger partial charge in [-0.3, -0.25) is 14.9 Å². The van der Waals surface area contributed by atoms with E-state index in [1.54, 1.807) is 30.3 Å². The number of para-hydroxylation sites is 1. The summed E-state index contributed by atoms with van der Waals surface area (Å²) in [5, 5.41) is 4.59. The number of aromatic nitrogens is 1. The number of nitrogens with one attached hydrogen (secondary N) is 2. The molecule has 1 fully saturated rings. The lowest BCUT2D eigenvalue weighted by molar-refractivity contribution is -0.120. The van der Waals surface area contributed by atoms with E-state index < -0.39 is 34.1 Å². The van der Waals surface area contributed by atoms with Gasteiger partial charge in [0.05, 0.1) is 4.90 Å². The molecule has 3 amide bonds. The van der Waals surface area contributed by atoms with Gasteiger partial charge >= 0.3 is 6.03 Å². The van der Waals surface area contributed by atoms with E-state index in [0.29, 0.717) is 18.8 Å². The summed E-state index contributed by atoms with van der Waals surface area (Å²) in [6.45, 7) is 0.383. The van der Waals surface area contributed by atoms with Gasteiger partial charge in [-0.05, 0) is 31.0 Å². The minimum Gasteiger partial charge on any atom is -0.308 e. The number of pyridine rings is 1. The molecule has 1 aliphatic heterocycles. The van der Waals surface area contributed by atoms with Crippen LogP contribution < -0.4 is 16.2 Å². The van der Waals surface area contributed by atoms with E-state index in [1.807, 2.05) is 0 Å². The van der Waals surface area contributed by atoms with Crippen molar-refractivity contribution in [3.8, 4) is 0 Å². The van der Waals surface area contributed by atoms with Crippen LogP contribution in [0.3, 0.4) is 0 Å². The molecule has 10 heteroatoms. The number of anilines is 1. The molecule has 3 rings (SSSR count). The summed E-state index contributed by atoms with van der Waals surface area (Å²) in [4.78, 5) is 35.9. The second-order valence-corrected chi connectivity index (χ2v) is 8.25. The molecule has 0 bridgehead atoms. The number of amides is 3. The zero-order valence-electron chi connectivity index (χ0n) is 15.0. The number of sulfonamides is 1. The van der Waals surface area contributed by atoms with E-state index >= 15 is 0 Å². The first-order valence-corrected chi connectivity index (χ1v) is 10.2. The van der Waals surface area contributed by atoms with Crippen LogP contribution in [0.25, 0.3) is 0 Å². The maximum Gasteiger partial charge on any atom is 0.325 e. The van der Waals surface area contributed by atoms with Crippen molar-refractivity contribution in [3.63, 3.8) is 0 Å². The predicted molar refractivity (Wildman–Crippen MR) is 102 cm³/mol. The van der Waals surface area contributed by atoms with E-state index in [1.165, 1.54) is 10.4 Å². The van der Waals surface area contributed by atoms with Crippen LogP contribution in [0, 0.1) is 0 Å². The molecule has 0 saturated carbocycles. The van der Waals surface area contributed by atoms with E-state index in [4.69, 9.17) is 0 Å². The number of hydrogen-bond acceptors (Lipinski definition) is 5. The molecule has 2 heterocycles. The highest BCUT2D eigenvalue weighted by Gasteiger charge is 2.27. The molecule has 28 heavy (non-hydrogen) atoms. The van der Waals surface area contributed by atoms with Crippen molar-refractivity contribution in [2.45, 2.75) is 24.3 Å². The van der Waals surface area contributed by atoms with Crippen molar-refractivity contribution < 1.29 is 18.0 Å². The van der Waals surface area contributed by atoms with Crippen LogP contribution in [0.4, 0.5) is 10.5 Å². The van der Waals surface area contributed by atoms with Crippen LogP contribution in [-0.4, -0.2) is 42.3 Å². The number of benzene rings is 1. The molecule has 1 aliphatic rings. The number of carbonyl (C=O) groups excluding carboxylic acids is 2. The summed E-state index contributed by atoms with van der Waals surface area (Å²) < 4.78 is 27.5. The first-order valence-electron chi connectivity index (χ1n) is 8.73. The van der Waals surface area contributed by atoms with Crippen LogP contribution >= 0.6 is 0 Å².